The van der Waals surface area contributed by atoms with Crippen molar-refractivity contribution in [2.45, 2.75) is 5.41 Å². The summed E-state index contributed by atoms with van der Waals surface area (Å²) in [5.41, 5.74) is 22.6. The summed E-state index contributed by atoms with van der Waals surface area (Å²) in [5.74, 6) is 0. The van der Waals surface area contributed by atoms with Gasteiger partial charge in [0.25, 0.3) is 0 Å². The van der Waals surface area contributed by atoms with E-state index in [0.717, 1.165) is 33.8 Å². The van der Waals surface area contributed by atoms with Crippen LogP contribution in [-0.4, -0.2) is 0 Å². The van der Waals surface area contributed by atoms with E-state index in [1.165, 1.54) is 93.9 Å². The molecule has 0 radical (unpaired) electrons. The number of fused-ring (bicyclic) bond motifs is 13. The van der Waals surface area contributed by atoms with Crippen molar-refractivity contribution in [1.29, 1.82) is 0 Å². The lowest BCUT2D eigenvalue weighted by Gasteiger charge is -2.34. The summed E-state index contributed by atoms with van der Waals surface area (Å²) < 4.78 is 0. The average molecular weight is 888 g/mol. The molecule has 0 fully saturated rings. The summed E-state index contributed by atoms with van der Waals surface area (Å²) >= 11 is 0. The van der Waals surface area contributed by atoms with Crippen LogP contribution in [0.1, 0.15) is 22.3 Å². The topological polar surface area (TPSA) is 3.24 Å². The van der Waals surface area contributed by atoms with Crippen molar-refractivity contribution in [3.8, 4) is 66.8 Å². The second kappa shape index (κ2) is 16.0. The molecule has 14 rings (SSSR count). The van der Waals surface area contributed by atoms with Gasteiger partial charge in [-0.05, 0) is 136 Å². The zero-order valence-electron chi connectivity index (χ0n) is 38.4. The lowest BCUT2D eigenvalue weighted by molar-refractivity contribution is 0.793. The first kappa shape index (κ1) is 40.1. The van der Waals surface area contributed by atoms with Gasteiger partial charge in [0.2, 0.25) is 0 Å². The molecule has 2 aliphatic carbocycles. The Hall–Kier alpha value is -9.04. The van der Waals surface area contributed by atoms with Crippen LogP contribution in [0.3, 0.4) is 0 Å². The smallest absolute Gasteiger partial charge is 0.0726 e. The molecule has 1 heteroatoms. The van der Waals surface area contributed by atoms with Gasteiger partial charge in [0.15, 0.2) is 0 Å². The molecule has 1 nitrogen and oxygen atoms in total. The molecule has 12 aromatic rings. The fourth-order valence-corrected chi connectivity index (χ4v) is 12.1. The molecule has 0 unspecified atom stereocenters. The Balaban J connectivity index is 1.14. The van der Waals surface area contributed by atoms with Crippen molar-refractivity contribution in [2.24, 2.45) is 0 Å². The second-order valence-corrected chi connectivity index (χ2v) is 18.7. The van der Waals surface area contributed by atoms with Crippen LogP contribution in [0.2, 0.25) is 0 Å². The Labute approximate surface area is 408 Å². The van der Waals surface area contributed by atoms with E-state index in [1.807, 2.05) is 0 Å². The number of rotatable bonds is 7. The number of nitrogens with zero attached hydrogens (tertiary/aromatic N) is 1. The molecule has 0 amide bonds. The van der Waals surface area contributed by atoms with Crippen LogP contribution in [0.5, 0.6) is 0 Å². The zero-order chi connectivity index (χ0) is 46.2. The van der Waals surface area contributed by atoms with Crippen LogP contribution in [0.4, 0.5) is 17.1 Å². The molecule has 12 aromatic carbocycles. The fourth-order valence-electron chi connectivity index (χ4n) is 12.1. The summed E-state index contributed by atoms with van der Waals surface area (Å²) in [4.78, 5) is 2.60. The van der Waals surface area contributed by atoms with Crippen molar-refractivity contribution in [3.05, 3.63) is 295 Å². The highest BCUT2D eigenvalue weighted by molar-refractivity contribution is 6.22. The van der Waals surface area contributed by atoms with Crippen LogP contribution in [-0.2, 0) is 5.41 Å². The number of anilines is 3. The van der Waals surface area contributed by atoms with Gasteiger partial charge in [0.05, 0.1) is 11.1 Å². The van der Waals surface area contributed by atoms with Gasteiger partial charge in [-0.3, -0.25) is 0 Å². The molecular weight excluding hydrogens is 843 g/mol. The summed E-state index contributed by atoms with van der Waals surface area (Å²) in [6.45, 7) is 0. The van der Waals surface area contributed by atoms with E-state index in [1.54, 1.807) is 0 Å². The maximum Gasteiger partial charge on any atom is 0.0726 e. The van der Waals surface area contributed by atoms with Crippen molar-refractivity contribution in [3.63, 3.8) is 0 Å². The number of hydrogen-bond donors (Lipinski definition) is 0. The third-order valence-corrected chi connectivity index (χ3v) is 15.0. The van der Waals surface area contributed by atoms with E-state index in [4.69, 9.17) is 0 Å². The molecular formula is C69H45N. The molecule has 0 atom stereocenters. The first-order valence-corrected chi connectivity index (χ1v) is 24.3. The molecule has 0 N–H and O–H groups in total. The van der Waals surface area contributed by atoms with Crippen LogP contribution in [0, 0.1) is 0 Å². The van der Waals surface area contributed by atoms with E-state index in [-0.39, 0.29) is 0 Å². The van der Waals surface area contributed by atoms with Crippen molar-refractivity contribution < 1.29 is 0 Å². The molecule has 1 spiro atoms. The lowest BCUT2D eigenvalue weighted by Crippen LogP contribution is -2.26. The van der Waals surface area contributed by atoms with Crippen molar-refractivity contribution in [1.82, 2.24) is 0 Å². The normalized spacial score (nSPS) is 12.7. The third kappa shape index (κ3) is 6.05. The summed E-state index contributed by atoms with van der Waals surface area (Å²) in [7, 11) is 0. The van der Waals surface area contributed by atoms with Gasteiger partial charge >= 0.3 is 0 Å². The minimum absolute atomic E-state index is 0.514. The first-order valence-electron chi connectivity index (χ1n) is 24.3. The summed E-state index contributed by atoms with van der Waals surface area (Å²) in [6, 6.07) is 102. The maximum absolute atomic E-state index is 2.60. The first-order chi connectivity index (χ1) is 34.7. The van der Waals surface area contributed by atoms with Crippen LogP contribution >= 0.6 is 0 Å². The van der Waals surface area contributed by atoms with Gasteiger partial charge in [-0.1, -0.05) is 237 Å². The molecule has 0 aliphatic heterocycles. The molecule has 0 heterocycles. The minimum atomic E-state index is -0.514. The van der Waals surface area contributed by atoms with E-state index in [2.05, 4.69) is 278 Å². The van der Waals surface area contributed by atoms with E-state index in [0.29, 0.717) is 0 Å². The SMILES string of the molecule is c1ccc(-c2cccc(-c3c(N(c4cc(-c5ccccc5)cc(-c5ccccc5)c4)c4ccc5c(c4)C4(c6ccccc6-c6ccccc64)c4ccccc4-5)c4ccccc4c4ccccc34)c2)cc1. The van der Waals surface area contributed by atoms with Gasteiger partial charge in [-0.2, -0.15) is 0 Å². The third-order valence-electron chi connectivity index (χ3n) is 15.0. The number of hydrogen-bond acceptors (Lipinski definition) is 1. The van der Waals surface area contributed by atoms with Crippen LogP contribution in [0.15, 0.2) is 273 Å². The highest BCUT2D eigenvalue weighted by Gasteiger charge is 2.51. The molecule has 326 valence electrons. The fraction of sp³-hybridized carbons (Fsp3) is 0.0145. The highest BCUT2D eigenvalue weighted by atomic mass is 15.1. The Morgan fingerprint density at radius 3 is 1.19 bits per heavy atom. The molecule has 0 bridgehead atoms. The highest BCUT2D eigenvalue weighted by Crippen LogP contribution is 2.64. The zero-order valence-corrected chi connectivity index (χ0v) is 38.4. The predicted molar refractivity (Wildman–Crippen MR) is 294 cm³/mol. The van der Waals surface area contributed by atoms with Gasteiger partial charge in [0, 0.05) is 22.3 Å². The van der Waals surface area contributed by atoms with E-state index >= 15 is 0 Å². The maximum atomic E-state index is 2.60. The summed E-state index contributed by atoms with van der Waals surface area (Å²) in [5, 5.41) is 4.83. The predicted octanol–water partition coefficient (Wildman–Crippen LogP) is 18.5. The van der Waals surface area contributed by atoms with Crippen LogP contribution < -0.4 is 4.90 Å². The quantitative estimate of drug-likeness (QED) is 0.144. The average Bonchev–Trinajstić information content (AvgIpc) is 3.92. The second-order valence-electron chi connectivity index (χ2n) is 18.7. The molecule has 0 aromatic heterocycles. The van der Waals surface area contributed by atoms with E-state index < -0.39 is 5.41 Å². The lowest BCUT2D eigenvalue weighted by atomic mass is 9.70. The van der Waals surface area contributed by atoms with Gasteiger partial charge in [-0.25, -0.2) is 0 Å². The molecule has 70 heavy (non-hydrogen) atoms. The molecule has 2 aliphatic rings. The Morgan fingerprint density at radius 1 is 0.229 bits per heavy atom. The standard InChI is InChI=1S/C69H45N/c1-4-21-46(22-5-1)49-27-20-28-50(41-49)67-61-34-12-10-29-55(61)56-30-11-13-35-62(56)68(67)70(54-43-51(47-23-6-2-7-24-47)42-52(44-54)48-25-8-3-9-26-48)53-39-40-60-59-33-16-19-38-65(59)69(66(60)45-53)63-36-17-14-31-57(63)58-32-15-18-37-64(58)69/h1-45H. The van der Waals surface area contributed by atoms with Gasteiger partial charge < -0.3 is 4.90 Å². The monoisotopic (exact) mass is 887 g/mol. The van der Waals surface area contributed by atoms with Crippen LogP contribution in [0.25, 0.3) is 88.3 Å². The largest absolute Gasteiger partial charge is 0.309 e. The minimum Gasteiger partial charge on any atom is -0.309 e. The van der Waals surface area contributed by atoms with Gasteiger partial charge in [0.1, 0.15) is 0 Å². The number of benzene rings is 12. The Kier molecular flexibility index (Phi) is 9.19. The Morgan fingerprint density at radius 2 is 0.629 bits per heavy atom. The Bertz CT molecular complexity index is 3880. The molecule has 0 saturated carbocycles. The van der Waals surface area contributed by atoms with Gasteiger partial charge in [-0.15, -0.1) is 0 Å². The van der Waals surface area contributed by atoms with Crippen molar-refractivity contribution >= 4 is 38.6 Å². The van der Waals surface area contributed by atoms with E-state index in [9.17, 15) is 0 Å². The van der Waals surface area contributed by atoms with Crippen molar-refractivity contribution in [2.75, 3.05) is 4.90 Å². The summed E-state index contributed by atoms with van der Waals surface area (Å²) in [6.07, 6.45) is 0. The molecule has 0 saturated heterocycles.